The molecule has 0 saturated carbocycles. The maximum Gasteiger partial charge on any atom is 0.261 e. The molecular weight excluding hydrogens is 258 g/mol. The molecule has 1 unspecified atom stereocenters. The number of hydrogen-bond acceptors (Lipinski definition) is 3. The number of ether oxygens (including phenoxy) is 1. The van der Waals surface area contributed by atoms with E-state index in [0.29, 0.717) is 6.42 Å². The van der Waals surface area contributed by atoms with E-state index < -0.39 is 19.1 Å². The summed E-state index contributed by atoms with van der Waals surface area (Å²) in [4.78, 5) is 24.9. The molecule has 2 amide bonds. The maximum atomic E-state index is 12.0. The first-order chi connectivity index (χ1) is 8.90. The van der Waals surface area contributed by atoms with E-state index in [1.165, 1.54) is 4.90 Å². The molecule has 0 aromatic carbocycles. The lowest BCUT2D eigenvalue weighted by Crippen LogP contribution is -2.58. The zero-order valence-corrected chi connectivity index (χ0v) is 11.2. The number of rotatable bonds is 7. The van der Waals surface area contributed by atoms with Gasteiger partial charge in [0.15, 0.2) is 0 Å². The highest BCUT2D eigenvalue weighted by Gasteiger charge is 2.32. The van der Waals surface area contributed by atoms with Gasteiger partial charge in [0.1, 0.15) is 12.6 Å². The van der Waals surface area contributed by atoms with E-state index in [9.17, 15) is 18.4 Å². The predicted octanol–water partition coefficient (Wildman–Crippen LogP) is 0.641. The zero-order chi connectivity index (χ0) is 14.4. The Bertz CT molecular complexity index is 324. The molecule has 0 radical (unpaired) electrons. The molecule has 1 heterocycles. The molecule has 1 saturated heterocycles. The Labute approximate surface area is 111 Å². The fourth-order valence-electron chi connectivity index (χ4n) is 1.94. The summed E-state index contributed by atoms with van der Waals surface area (Å²) in [5.41, 5.74) is 0. The fraction of sp³-hybridized carbons (Fsp3) is 0.833. The Morgan fingerprint density at radius 2 is 2.11 bits per heavy atom. The smallest absolute Gasteiger partial charge is 0.261 e. The van der Waals surface area contributed by atoms with Crippen LogP contribution in [0.1, 0.15) is 20.3 Å². The lowest BCUT2D eigenvalue weighted by atomic mass is 10.0. The van der Waals surface area contributed by atoms with Crippen molar-refractivity contribution >= 4 is 11.8 Å². The molecule has 1 atom stereocenters. The molecule has 1 rings (SSSR count). The minimum Gasteiger partial charge on any atom is -0.374 e. The normalized spacial score (nSPS) is 20.3. The van der Waals surface area contributed by atoms with Crippen molar-refractivity contribution < 1.29 is 23.1 Å². The number of alkyl halides is 2. The SMILES string of the molecule is CC(C)CC1NC(=O)CN(CCOCC(F)F)C1=O. The summed E-state index contributed by atoms with van der Waals surface area (Å²) >= 11 is 0. The number of nitrogens with one attached hydrogen (secondary N) is 1. The van der Waals surface area contributed by atoms with E-state index in [1.54, 1.807) is 0 Å². The van der Waals surface area contributed by atoms with Gasteiger partial charge in [-0.25, -0.2) is 8.78 Å². The van der Waals surface area contributed by atoms with Gasteiger partial charge in [-0.3, -0.25) is 9.59 Å². The van der Waals surface area contributed by atoms with Gasteiger partial charge in [0, 0.05) is 6.54 Å². The summed E-state index contributed by atoms with van der Waals surface area (Å²) in [6.07, 6.45) is -1.95. The van der Waals surface area contributed by atoms with E-state index in [1.807, 2.05) is 13.8 Å². The number of carbonyl (C=O) groups excluding carboxylic acids is 2. The summed E-state index contributed by atoms with van der Waals surface area (Å²) in [7, 11) is 0. The second-order valence-electron chi connectivity index (χ2n) is 4.98. The molecule has 1 fully saturated rings. The molecule has 1 aliphatic heterocycles. The van der Waals surface area contributed by atoms with Crippen molar-refractivity contribution in [3.05, 3.63) is 0 Å². The first-order valence-corrected chi connectivity index (χ1v) is 6.34. The van der Waals surface area contributed by atoms with Gasteiger partial charge < -0.3 is 15.0 Å². The lowest BCUT2D eigenvalue weighted by molar-refractivity contribution is -0.145. The van der Waals surface area contributed by atoms with Crippen LogP contribution in [0.25, 0.3) is 0 Å². The molecule has 1 N–H and O–H groups in total. The van der Waals surface area contributed by atoms with Crippen molar-refractivity contribution in [1.82, 2.24) is 10.2 Å². The summed E-state index contributed by atoms with van der Waals surface area (Å²) in [6.45, 7) is 3.41. The van der Waals surface area contributed by atoms with Gasteiger partial charge in [0.2, 0.25) is 11.8 Å². The van der Waals surface area contributed by atoms with E-state index in [4.69, 9.17) is 4.74 Å². The molecule has 0 spiro atoms. The predicted molar refractivity (Wildman–Crippen MR) is 64.8 cm³/mol. The highest BCUT2D eigenvalue weighted by Crippen LogP contribution is 2.11. The van der Waals surface area contributed by atoms with Crippen LogP contribution in [0.3, 0.4) is 0 Å². The van der Waals surface area contributed by atoms with Gasteiger partial charge in [0.05, 0.1) is 13.2 Å². The molecule has 1 aliphatic rings. The van der Waals surface area contributed by atoms with Crippen molar-refractivity contribution in [2.45, 2.75) is 32.7 Å². The largest absolute Gasteiger partial charge is 0.374 e. The Morgan fingerprint density at radius 1 is 1.42 bits per heavy atom. The monoisotopic (exact) mass is 278 g/mol. The molecule has 0 aliphatic carbocycles. The molecule has 110 valence electrons. The third kappa shape index (κ3) is 5.50. The molecule has 0 aromatic rings. The minimum absolute atomic E-state index is 0.0117. The van der Waals surface area contributed by atoms with E-state index in [2.05, 4.69) is 5.32 Å². The van der Waals surface area contributed by atoms with Gasteiger partial charge in [-0.15, -0.1) is 0 Å². The van der Waals surface area contributed by atoms with Crippen LogP contribution in [-0.2, 0) is 14.3 Å². The third-order valence-electron chi connectivity index (χ3n) is 2.74. The Hall–Kier alpha value is -1.24. The van der Waals surface area contributed by atoms with Crippen molar-refractivity contribution in [2.75, 3.05) is 26.3 Å². The van der Waals surface area contributed by atoms with Crippen LogP contribution in [0.2, 0.25) is 0 Å². The van der Waals surface area contributed by atoms with Gasteiger partial charge in [0.25, 0.3) is 6.43 Å². The van der Waals surface area contributed by atoms with Crippen LogP contribution < -0.4 is 5.32 Å². The highest BCUT2D eigenvalue weighted by atomic mass is 19.3. The molecule has 0 aromatic heterocycles. The number of nitrogens with zero attached hydrogens (tertiary/aromatic N) is 1. The Kier molecular flexibility index (Phi) is 6.14. The van der Waals surface area contributed by atoms with E-state index in [-0.39, 0.29) is 37.4 Å². The van der Waals surface area contributed by atoms with Crippen LogP contribution in [-0.4, -0.2) is 55.5 Å². The van der Waals surface area contributed by atoms with E-state index >= 15 is 0 Å². The van der Waals surface area contributed by atoms with Gasteiger partial charge >= 0.3 is 0 Å². The lowest BCUT2D eigenvalue weighted by Gasteiger charge is -2.33. The zero-order valence-electron chi connectivity index (χ0n) is 11.2. The Balaban J connectivity index is 2.43. The van der Waals surface area contributed by atoms with Crippen LogP contribution in [0.5, 0.6) is 0 Å². The van der Waals surface area contributed by atoms with Crippen LogP contribution in [0.4, 0.5) is 8.78 Å². The maximum absolute atomic E-state index is 12.0. The van der Waals surface area contributed by atoms with Crippen LogP contribution in [0, 0.1) is 5.92 Å². The fourth-order valence-corrected chi connectivity index (χ4v) is 1.94. The summed E-state index contributed by atoms with van der Waals surface area (Å²) in [5, 5.41) is 2.65. The third-order valence-corrected chi connectivity index (χ3v) is 2.74. The van der Waals surface area contributed by atoms with Crippen LogP contribution >= 0.6 is 0 Å². The number of halogens is 2. The quantitative estimate of drug-likeness (QED) is 0.695. The van der Waals surface area contributed by atoms with Crippen molar-refractivity contribution in [3.63, 3.8) is 0 Å². The van der Waals surface area contributed by atoms with Crippen molar-refractivity contribution in [3.8, 4) is 0 Å². The summed E-state index contributed by atoms with van der Waals surface area (Å²) < 4.78 is 28.5. The van der Waals surface area contributed by atoms with Gasteiger partial charge in [-0.05, 0) is 12.3 Å². The Morgan fingerprint density at radius 3 is 2.68 bits per heavy atom. The highest BCUT2D eigenvalue weighted by molar-refractivity contribution is 5.94. The topological polar surface area (TPSA) is 58.6 Å². The van der Waals surface area contributed by atoms with Crippen LogP contribution in [0.15, 0.2) is 0 Å². The van der Waals surface area contributed by atoms with Crippen molar-refractivity contribution in [2.24, 2.45) is 5.92 Å². The molecule has 5 nitrogen and oxygen atoms in total. The van der Waals surface area contributed by atoms with Gasteiger partial charge in [-0.2, -0.15) is 0 Å². The molecule has 0 bridgehead atoms. The number of amides is 2. The molecular formula is C12H20F2N2O3. The first kappa shape index (κ1) is 15.8. The van der Waals surface area contributed by atoms with Gasteiger partial charge in [-0.1, -0.05) is 13.8 Å². The standard InChI is InChI=1S/C12H20F2N2O3/c1-8(2)5-9-12(18)16(6-11(17)15-9)3-4-19-7-10(13)14/h8-10H,3-7H2,1-2H3,(H,15,17). The average Bonchev–Trinajstić information content (AvgIpc) is 2.29. The second kappa shape index (κ2) is 7.37. The second-order valence-corrected chi connectivity index (χ2v) is 4.98. The van der Waals surface area contributed by atoms with Crippen molar-refractivity contribution in [1.29, 1.82) is 0 Å². The first-order valence-electron chi connectivity index (χ1n) is 6.34. The average molecular weight is 278 g/mol. The number of hydrogen-bond donors (Lipinski definition) is 1. The molecule has 19 heavy (non-hydrogen) atoms. The molecule has 7 heteroatoms. The number of piperazine rings is 1. The summed E-state index contributed by atoms with van der Waals surface area (Å²) in [6, 6.07) is -0.517. The number of carbonyl (C=O) groups is 2. The minimum atomic E-state index is -2.52. The summed E-state index contributed by atoms with van der Waals surface area (Å²) in [5.74, 6) is -0.114. The van der Waals surface area contributed by atoms with E-state index in [0.717, 1.165) is 0 Å².